The molecule has 3 atom stereocenters. The molecule has 3 unspecified atom stereocenters. The second-order valence-corrected chi connectivity index (χ2v) is 6.13. The molecule has 0 amide bonds. The molecular formula is C15H24N4O3. The van der Waals surface area contributed by atoms with Gasteiger partial charge in [0.2, 0.25) is 0 Å². The highest BCUT2D eigenvalue weighted by molar-refractivity contribution is 5.67. The first-order valence-corrected chi connectivity index (χ1v) is 7.83. The number of β-amino-alcohol motifs (C(OH)–C–C–N with tert-alkyl or cyclic N) is 1. The fourth-order valence-electron chi connectivity index (χ4n) is 3.49. The topological polar surface area (TPSA) is 106 Å². The predicted molar refractivity (Wildman–Crippen MR) is 84.9 cm³/mol. The van der Waals surface area contributed by atoms with Crippen LogP contribution >= 0.6 is 0 Å². The summed E-state index contributed by atoms with van der Waals surface area (Å²) in [6.07, 6.45) is 2.04. The Labute approximate surface area is 130 Å². The van der Waals surface area contributed by atoms with Crippen LogP contribution in [0.1, 0.15) is 19.3 Å². The van der Waals surface area contributed by atoms with E-state index < -0.39 is 6.10 Å². The van der Waals surface area contributed by atoms with Crippen molar-refractivity contribution in [3.05, 3.63) is 12.1 Å². The quantitative estimate of drug-likeness (QED) is 0.597. The van der Waals surface area contributed by atoms with Crippen molar-refractivity contribution >= 4 is 17.3 Å². The van der Waals surface area contributed by atoms with Gasteiger partial charge >= 0.3 is 0 Å². The van der Waals surface area contributed by atoms with Crippen molar-refractivity contribution in [3.8, 4) is 0 Å². The number of aromatic nitrogens is 1. The number of pyridine rings is 1. The van der Waals surface area contributed by atoms with Crippen molar-refractivity contribution in [2.75, 3.05) is 41.8 Å². The van der Waals surface area contributed by atoms with E-state index in [1.807, 2.05) is 17.0 Å². The maximum absolute atomic E-state index is 9.83. The van der Waals surface area contributed by atoms with Gasteiger partial charge in [-0.15, -0.1) is 0 Å². The molecule has 22 heavy (non-hydrogen) atoms. The molecule has 0 bridgehead atoms. The zero-order valence-corrected chi connectivity index (χ0v) is 12.6. The van der Waals surface area contributed by atoms with E-state index in [1.54, 1.807) is 0 Å². The third-order valence-electron chi connectivity index (χ3n) is 4.65. The summed E-state index contributed by atoms with van der Waals surface area (Å²) in [6, 6.07) is 3.57. The molecular weight excluding hydrogens is 284 g/mol. The van der Waals surface area contributed by atoms with E-state index in [9.17, 15) is 15.3 Å². The van der Waals surface area contributed by atoms with Crippen molar-refractivity contribution in [1.29, 1.82) is 0 Å². The third-order valence-corrected chi connectivity index (χ3v) is 4.65. The molecule has 5 N–H and O–H groups in total. The molecule has 0 aliphatic carbocycles. The Morgan fingerprint density at radius 1 is 1.18 bits per heavy atom. The molecule has 2 saturated heterocycles. The van der Waals surface area contributed by atoms with Crippen LogP contribution in [0.3, 0.4) is 0 Å². The van der Waals surface area contributed by atoms with E-state index in [2.05, 4.69) is 9.88 Å². The Hall–Kier alpha value is -1.57. The Morgan fingerprint density at radius 3 is 2.68 bits per heavy atom. The minimum absolute atomic E-state index is 0.0125. The van der Waals surface area contributed by atoms with Crippen molar-refractivity contribution in [3.63, 3.8) is 0 Å². The molecule has 0 aromatic carbocycles. The monoisotopic (exact) mass is 308 g/mol. The fourth-order valence-corrected chi connectivity index (χ4v) is 3.49. The van der Waals surface area contributed by atoms with E-state index in [1.165, 1.54) is 0 Å². The Kier molecular flexibility index (Phi) is 4.37. The van der Waals surface area contributed by atoms with Crippen molar-refractivity contribution in [1.82, 2.24) is 4.98 Å². The van der Waals surface area contributed by atoms with Gasteiger partial charge < -0.3 is 30.9 Å². The normalized spacial score (nSPS) is 28.6. The number of aliphatic hydroxyl groups is 3. The van der Waals surface area contributed by atoms with Crippen LogP contribution in [0.2, 0.25) is 0 Å². The van der Waals surface area contributed by atoms with Crippen LogP contribution < -0.4 is 15.5 Å². The summed E-state index contributed by atoms with van der Waals surface area (Å²) in [5.41, 5.74) is 6.66. The number of nitrogens with two attached hydrogens (primary N) is 1. The van der Waals surface area contributed by atoms with Gasteiger partial charge in [-0.05, 0) is 31.4 Å². The number of nitrogens with zero attached hydrogens (tertiary/aromatic N) is 3. The van der Waals surface area contributed by atoms with E-state index in [0.29, 0.717) is 30.3 Å². The minimum Gasteiger partial charge on any atom is -0.396 e. The van der Waals surface area contributed by atoms with Crippen molar-refractivity contribution in [2.45, 2.75) is 37.5 Å². The lowest BCUT2D eigenvalue weighted by atomic mass is 10.2. The number of nitrogen functional groups attached to an aromatic ring is 1. The minimum atomic E-state index is -0.447. The fraction of sp³-hybridized carbons (Fsp3) is 0.667. The number of rotatable bonds is 4. The van der Waals surface area contributed by atoms with E-state index in [-0.39, 0.29) is 25.3 Å². The van der Waals surface area contributed by atoms with Gasteiger partial charge in [0.25, 0.3) is 0 Å². The highest BCUT2D eigenvalue weighted by Gasteiger charge is 2.32. The molecule has 1 aromatic rings. The lowest BCUT2D eigenvalue weighted by molar-refractivity contribution is 0.184. The van der Waals surface area contributed by atoms with Crippen LogP contribution in [0, 0.1) is 0 Å². The number of hydrogen-bond donors (Lipinski definition) is 4. The first-order chi connectivity index (χ1) is 10.6. The third kappa shape index (κ3) is 2.71. The molecule has 3 rings (SSSR count). The highest BCUT2D eigenvalue weighted by atomic mass is 16.3. The Balaban J connectivity index is 1.90. The molecule has 7 nitrogen and oxygen atoms in total. The van der Waals surface area contributed by atoms with Gasteiger partial charge in [0.05, 0.1) is 37.1 Å². The molecule has 2 aliphatic heterocycles. The van der Waals surface area contributed by atoms with Crippen molar-refractivity contribution < 1.29 is 15.3 Å². The average molecular weight is 308 g/mol. The second-order valence-electron chi connectivity index (χ2n) is 6.13. The van der Waals surface area contributed by atoms with E-state index >= 15 is 0 Å². The van der Waals surface area contributed by atoms with E-state index in [0.717, 1.165) is 19.4 Å². The SMILES string of the molecule is Nc1ccc(N2CC(O)CC2CO)nc1N1CCCC1CO. The summed E-state index contributed by atoms with van der Waals surface area (Å²) in [5.74, 6) is 1.40. The summed E-state index contributed by atoms with van der Waals surface area (Å²) in [4.78, 5) is 8.64. The zero-order chi connectivity index (χ0) is 15.7. The standard InChI is InChI=1S/C15H24N4O3/c16-13-3-4-14(19-7-12(22)6-11(19)9-21)17-15(13)18-5-1-2-10(18)8-20/h3-4,10-12,20-22H,1-2,5-9,16H2. The second kappa shape index (κ2) is 6.28. The van der Waals surface area contributed by atoms with Gasteiger partial charge in [-0.25, -0.2) is 4.98 Å². The predicted octanol–water partition coefficient (Wildman–Crippen LogP) is -0.443. The number of hydrogen-bond acceptors (Lipinski definition) is 7. The Bertz CT molecular complexity index is 528. The first kappa shape index (κ1) is 15.3. The van der Waals surface area contributed by atoms with Crippen LogP contribution in [-0.4, -0.2) is 64.8 Å². The largest absolute Gasteiger partial charge is 0.396 e. The molecule has 0 radical (unpaired) electrons. The zero-order valence-electron chi connectivity index (χ0n) is 12.6. The van der Waals surface area contributed by atoms with E-state index in [4.69, 9.17) is 5.73 Å². The van der Waals surface area contributed by atoms with Crippen LogP contribution in [0.5, 0.6) is 0 Å². The molecule has 7 heteroatoms. The summed E-state index contributed by atoms with van der Waals surface area (Å²) < 4.78 is 0. The maximum Gasteiger partial charge on any atom is 0.154 e. The van der Waals surface area contributed by atoms with Gasteiger partial charge in [-0.1, -0.05) is 0 Å². The Morgan fingerprint density at radius 2 is 1.95 bits per heavy atom. The molecule has 2 aliphatic rings. The molecule has 122 valence electrons. The lowest BCUT2D eigenvalue weighted by Crippen LogP contribution is -2.35. The smallest absolute Gasteiger partial charge is 0.154 e. The van der Waals surface area contributed by atoms with Crippen LogP contribution in [0.25, 0.3) is 0 Å². The first-order valence-electron chi connectivity index (χ1n) is 7.83. The van der Waals surface area contributed by atoms with Gasteiger partial charge in [0.1, 0.15) is 5.82 Å². The van der Waals surface area contributed by atoms with Gasteiger partial charge in [0, 0.05) is 13.1 Å². The maximum atomic E-state index is 9.83. The number of aliphatic hydroxyl groups excluding tert-OH is 3. The van der Waals surface area contributed by atoms with Crippen LogP contribution in [0.4, 0.5) is 17.3 Å². The summed E-state index contributed by atoms with van der Waals surface area (Å²) in [6.45, 7) is 1.37. The van der Waals surface area contributed by atoms with Gasteiger partial charge in [-0.3, -0.25) is 0 Å². The summed E-state index contributed by atoms with van der Waals surface area (Å²) >= 11 is 0. The average Bonchev–Trinajstić information content (AvgIpc) is 3.13. The summed E-state index contributed by atoms with van der Waals surface area (Å²) in [7, 11) is 0. The summed E-state index contributed by atoms with van der Waals surface area (Å²) in [5, 5.41) is 28.8. The highest BCUT2D eigenvalue weighted by Crippen LogP contribution is 2.32. The lowest BCUT2D eigenvalue weighted by Gasteiger charge is -2.29. The van der Waals surface area contributed by atoms with Crippen LogP contribution in [0.15, 0.2) is 12.1 Å². The molecule has 0 spiro atoms. The molecule has 3 heterocycles. The van der Waals surface area contributed by atoms with Gasteiger partial charge in [0.15, 0.2) is 5.82 Å². The molecule has 2 fully saturated rings. The molecule has 0 saturated carbocycles. The van der Waals surface area contributed by atoms with Crippen LogP contribution in [-0.2, 0) is 0 Å². The van der Waals surface area contributed by atoms with Gasteiger partial charge in [-0.2, -0.15) is 0 Å². The molecule has 1 aromatic heterocycles. The number of anilines is 3. The van der Waals surface area contributed by atoms with Crippen molar-refractivity contribution in [2.24, 2.45) is 0 Å².